The van der Waals surface area contributed by atoms with Crippen LogP contribution in [0.1, 0.15) is 31.4 Å². The van der Waals surface area contributed by atoms with Crippen molar-refractivity contribution in [3.8, 4) is 0 Å². The van der Waals surface area contributed by atoms with Gasteiger partial charge in [0.25, 0.3) is 0 Å². The number of aromatic nitrogens is 2. The number of thioether (sulfide) groups is 1. The molecule has 1 fully saturated rings. The molecule has 2 N–H and O–H groups in total. The predicted molar refractivity (Wildman–Crippen MR) is 115 cm³/mol. The first-order chi connectivity index (χ1) is 11.1. The molecule has 0 amide bonds. The van der Waals surface area contributed by atoms with Crippen LogP contribution in [0.3, 0.4) is 0 Å². The van der Waals surface area contributed by atoms with Gasteiger partial charge in [-0.15, -0.1) is 24.0 Å². The lowest BCUT2D eigenvalue weighted by atomic mass is 10.1. The van der Waals surface area contributed by atoms with Gasteiger partial charge in [0.05, 0.1) is 18.8 Å². The molecule has 0 aromatic carbocycles. The van der Waals surface area contributed by atoms with Crippen LogP contribution in [0.4, 0.5) is 0 Å². The molecule has 1 aliphatic heterocycles. The van der Waals surface area contributed by atoms with Gasteiger partial charge in [-0.1, -0.05) is 0 Å². The molecule has 138 valence electrons. The third kappa shape index (κ3) is 6.79. The minimum absolute atomic E-state index is 0. The maximum absolute atomic E-state index is 4.82. The lowest BCUT2D eigenvalue weighted by Gasteiger charge is -2.26. The summed E-state index contributed by atoms with van der Waals surface area (Å²) < 4.78 is 1.85. The minimum Gasteiger partial charge on any atom is -0.357 e. The van der Waals surface area contributed by atoms with E-state index in [0.29, 0.717) is 12.6 Å². The van der Waals surface area contributed by atoms with Gasteiger partial charge in [0.15, 0.2) is 5.96 Å². The van der Waals surface area contributed by atoms with Crippen molar-refractivity contribution in [1.29, 1.82) is 0 Å². The average molecular weight is 466 g/mol. The fourth-order valence-corrected chi connectivity index (χ4v) is 3.80. The quantitative estimate of drug-likeness (QED) is 0.382. The Labute approximate surface area is 167 Å². The maximum Gasteiger partial charge on any atom is 0.191 e. The Morgan fingerprint density at radius 3 is 2.88 bits per heavy atom. The van der Waals surface area contributed by atoms with Gasteiger partial charge in [0.2, 0.25) is 0 Å². The number of likely N-dealkylation sites (N-methyl/N-ethyl adjacent to an activating group) is 1. The molecule has 1 aromatic rings. The van der Waals surface area contributed by atoms with Crippen molar-refractivity contribution in [2.45, 2.75) is 31.8 Å². The summed E-state index contributed by atoms with van der Waals surface area (Å²) in [7, 11) is 6.13. The zero-order valence-corrected chi connectivity index (χ0v) is 18.3. The van der Waals surface area contributed by atoms with Crippen molar-refractivity contribution >= 4 is 41.7 Å². The van der Waals surface area contributed by atoms with Gasteiger partial charge >= 0.3 is 0 Å². The van der Waals surface area contributed by atoms with Gasteiger partial charge in [0.1, 0.15) is 0 Å². The van der Waals surface area contributed by atoms with Gasteiger partial charge in [-0.3, -0.25) is 9.67 Å². The highest BCUT2D eigenvalue weighted by Crippen LogP contribution is 2.18. The van der Waals surface area contributed by atoms with E-state index in [1.165, 1.54) is 29.9 Å². The first kappa shape index (κ1) is 21.6. The number of nitrogens with one attached hydrogen (secondary N) is 2. The number of hydrogen-bond acceptors (Lipinski definition) is 4. The molecule has 2 heterocycles. The SMILES string of the molecule is CCNC(=NCC(c1cnn(C)c1)N(C)C)NC1CCCSC1.I. The number of halogens is 1. The van der Waals surface area contributed by atoms with E-state index in [-0.39, 0.29) is 30.0 Å². The Bertz CT molecular complexity index is 499. The van der Waals surface area contributed by atoms with Crippen LogP contribution in [-0.4, -0.2) is 65.4 Å². The van der Waals surface area contributed by atoms with E-state index < -0.39 is 0 Å². The van der Waals surface area contributed by atoms with Crippen LogP contribution in [-0.2, 0) is 7.05 Å². The van der Waals surface area contributed by atoms with E-state index in [4.69, 9.17) is 4.99 Å². The molecule has 2 rings (SSSR count). The van der Waals surface area contributed by atoms with Crippen LogP contribution >= 0.6 is 35.7 Å². The van der Waals surface area contributed by atoms with Gasteiger partial charge in [-0.25, -0.2) is 0 Å². The molecule has 0 bridgehead atoms. The van der Waals surface area contributed by atoms with Crippen LogP contribution in [0.5, 0.6) is 0 Å². The Balaban J connectivity index is 0.00000288. The fraction of sp³-hybridized carbons (Fsp3) is 0.750. The van der Waals surface area contributed by atoms with Crippen molar-refractivity contribution in [2.75, 3.05) is 38.7 Å². The largest absolute Gasteiger partial charge is 0.357 e. The van der Waals surface area contributed by atoms with E-state index in [9.17, 15) is 0 Å². The van der Waals surface area contributed by atoms with Crippen molar-refractivity contribution < 1.29 is 0 Å². The molecular weight excluding hydrogens is 435 g/mol. The molecule has 1 aliphatic rings. The Hall–Kier alpha value is -0.480. The van der Waals surface area contributed by atoms with E-state index >= 15 is 0 Å². The van der Waals surface area contributed by atoms with Crippen LogP contribution in [0.2, 0.25) is 0 Å². The van der Waals surface area contributed by atoms with Crippen LogP contribution in [0.15, 0.2) is 17.4 Å². The molecular formula is C16H31IN6S. The van der Waals surface area contributed by atoms with Gasteiger partial charge < -0.3 is 15.5 Å². The Kier molecular flexibility index (Phi) is 10.1. The topological polar surface area (TPSA) is 57.5 Å². The minimum atomic E-state index is 0. The summed E-state index contributed by atoms with van der Waals surface area (Å²) in [5, 5.41) is 11.2. The average Bonchev–Trinajstić information content (AvgIpc) is 2.94. The van der Waals surface area contributed by atoms with Gasteiger partial charge in [-0.05, 0) is 39.6 Å². The number of aryl methyl sites for hydroxylation is 1. The summed E-state index contributed by atoms with van der Waals surface area (Å²) in [6.07, 6.45) is 6.52. The number of rotatable bonds is 6. The first-order valence-corrected chi connectivity index (χ1v) is 9.53. The van der Waals surface area contributed by atoms with Crippen molar-refractivity contribution in [3.05, 3.63) is 18.0 Å². The second-order valence-electron chi connectivity index (χ2n) is 6.20. The monoisotopic (exact) mass is 466 g/mol. The van der Waals surface area contributed by atoms with E-state index in [1.54, 1.807) is 0 Å². The molecule has 0 saturated carbocycles. The zero-order valence-electron chi connectivity index (χ0n) is 15.2. The number of nitrogens with zero attached hydrogens (tertiary/aromatic N) is 4. The number of hydrogen-bond donors (Lipinski definition) is 2. The highest BCUT2D eigenvalue weighted by atomic mass is 127. The fourth-order valence-electron chi connectivity index (χ4n) is 2.72. The highest BCUT2D eigenvalue weighted by molar-refractivity contribution is 14.0. The molecule has 0 spiro atoms. The molecule has 1 saturated heterocycles. The normalized spacial score (nSPS) is 19.7. The summed E-state index contributed by atoms with van der Waals surface area (Å²) >= 11 is 2.03. The summed E-state index contributed by atoms with van der Waals surface area (Å²) in [5.41, 5.74) is 1.20. The standard InChI is InChI=1S/C16H30N6S.HI/c1-5-17-16(20-14-7-6-8-23-12-14)18-10-15(21(2)3)13-9-19-22(4)11-13;/h9,11,14-15H,5-8,10,12H2,1-4H3,(H2,17,18,20);1H. The van der Waals surface area contributed by atoms with E-state index in [0.717, 1.165) is 12.5 Å². The molecule has 2 unspecified atom stereocenters. The predicted octanol–water partition coefficient (Wildman–Crippen LogP) is 2.09. The summed E-state index contributed by atoms with van der Waals surface area (Å²) in [6.45, 7) is 3.70. The number of aliphatic imine (C=N–C) groups is 1. The summed E-state index contributed by atoms with van der Waals surface area (Å²) in [6, 6.07) is 0.766. The second kappa shape index (κ2) is 11.2. The Morgan fingerprint density at radius 2 is 2.33 bits per heavy atom. The first-order valence-electron chi connectivity index (χ1n) is 8.37. The third-order valence-electron chi connectivity index (χ3n) is 4.00. The van der Waals surface area contributed by atoms with Crippen molar-refractivity contribution in [1.82, 2.24) is 25.3 Å². The third-order valence-corrected chi connectivity index (χ3v) is 5.22. The van der Waals surface area contributed by atoms with Gasteiger partial charge in [0, 0.05) is 37.1 Å². The molecule has 1 aromatic heterocycles. The van der Waals surface area contributed by atoms with Crippen LogP contribution < -0.4 is 10.6 Å². The van der Waals surface area contributed by atoms with Crippen molar-refractivity contribution in [3.63, 3.8) is 0 Å². The van der Waals surface area contributed by atoms with E-state index in [2.05, 4.69) is 47.8 Å². The molecule has 6 nitrogen and oxygen atoms in total. The van der Waals surface area contributed by atoms with E-state index in [1.807, 2.05) is 29.7 Å². The lowest BCUT2D eigenvalue weighted by Crippen LogP contribution is -2.45. The summed E-state index contributed by atoms with van der Waals surface area (Å²) in [4.78, 5) is 7.02. The molecule has 0 aliphatic carbocycles. The van der Waals surface area contributed by atoms with Gasteiger partial charge in [-0.2, -0.15) is 16.9 Å². The maximum atomic E-state index is 4.82. The van der Waals surface area contributed by atoms with Crippen LogP contribution in [0.25, 0.3) is 0 Å². The lowest BCUT2D eigenvalue weighted by molar-refractivity contribution is 0.306. The highest BCUT2D eigenvalue weighted by Gasteiger charge is 2.18. The molecule has 8 heteroatoms. The molecule has 2 atom stereocenters. The number of guanidine groups is 1. The zero-order chi connectivity index (χ0) is 16.7. The van der Waals surface area contributed by atoms with Crippen LogP contribution in [0, 0.1) is 0 Å². The molecule has 24 heavy (non-hydrogen) atoms. The smallest absolute Gasteiger partial charge is 0.191 e. The summed E-state index contributed by atoms with van der Waals surface area (Å²) in [5.74, 6) is 3.38. The Morgan fingerprint density at radius 1 is 1.54 bits per heavy atom. The molecule has 0 radical (unpaired) electrons. The second-order valence-corrected chi connectivity index (χ2v) is 7.35. The van der Waals surface area contributed by atoms with Crippen molar-refractivity contribution in [2.24, 2.45) is 12.0 Å².